The molecular formula is C24H26N2O4. The number of likely N-dealkylation sites (tertiary alicyclic amines) is 1. The SMILES string of the molecule is O=C(NCCc1ccc2c(c1)OCO2)C1CCN(C(=O)/C=C/c2ccccc2)CC1. The highest BCUT2D eigenvalue weighted by atomic mass is 16.7. The fraction of sp³-hybridized carbons (Fsp3) is 0.333. The molecule has 0 radical (unpaired) electrons. The molecule has 2 aromatic carbocycles. The summed E-state index contributed by atoms with van der Waals surface area (Å²) in [5.41, 5.74) is 2.10. The summed E-state index contributed by atoms with van der Waals surface area (Å²) < 4.78 is 10.7. The van der Waals surface area contributed by atoms with Gasteiger partial charge in [0.25, 0.3) is 0 Å². The van der Waals surface area contributed by atoms with Crippen LogP contribution in [0.4, 0.5) is 0 Å². The number of carbonyl (C=O) groups excluding carboxylic acids is 2. The van der Waals surface area contributed by atoms with Gasteiger partial charge >= 0.3 is 0 Å². The molecular weight excluding hydrogens is 380 g/mol. The zero-order valence-corrected chi connectivity index (χ0v) is 16.9. The van der Waals surface area contributed by atoms with E-state index in [2.05, 4.69) is 5.32 Å². The second kappa shape index (κ2) is 9.48. The van der Waals surface area contributed by atoms with Crippen molar-refractivity contribution >= 4 is 17.9 Å². The molecule has 6 heteroatoms. The molecule has 0 saturated carbocycles. The summed E-state index contributed by atoms with van der Waals surface area (Å²) in [6.07, 6.45) is 5.57. The summed E-state index contributed by atoms with van der Waals surface area (Å²) in [6.45, 7) is 2.06. The maximum Gasteiger partial charge on any atom is 0.246 e. The van der Waals surface area contributed by atoms with Crippen LogP contribution in [-0.2, 0) is 16.0 Å². The molecule has 0 bridgehead atoms. The van der Waals surface area contributed by atoms with E-state index < -0.39 is 0 Å². The monoisotopic (exact) mass is 406 g/mol. The average molecular weight is 406 g/mol. The Hall–Kier alpha value is -3.28. The molecule has 2 aliphatic rings. The van der Waals surface area contributed by atoms with Gasteiger partial charge in [0.15, 0.2) is 11.5 Å². The number of rotatable bonds is 6. The van der Waals surface area contributed by atoms with E-state index in [9.17, 15) is 9.59 Å². The van der Waals surface area contributed by atoms with Crippen molar-refractivity contribution in [2.75, 3.05) is 26.4 Å². The molecule has 1 fully saturated rings. The van der Waals surface area contributed by atoms with E-state index in [1.807, 2.05) is 59.5 Å². The van der Waals surface area contributed by atoms with Gasteiger partial charge in [-0.2, -0.15) is 0 Å². The zero-order chi connectivity index (χ0) is 20.8. The minimum atomic E-state index is -0.0380. The van der Waals surface area contributed by atoms with Crippen LogP contribution in [0.3, 0.4) is 0 Å². The van der Waals surface area contributed by atoms with Gasteiger partial charge in [0.1, 0.15) is 0 Å². The number of hydrogen-bond acceptors (Lipinski definition) is 4. The Morgan fingerprint density at radius 2 is 1.80 bits per heavy atom. The Morgan fingerprint density at radius 1 is 1.03 bits per heavy atom. The molecule has 156 valence electrons. The first-order valence-corrected chi connectivity index (χ1v) is 10.4. The third kappa shape index (κ3) is 5.00. The van der Waals surface area contributed by atoms with Gasteiger partial charge in [-0.3, -0.25) is 9.59 Å². The maximum absolute atomic E-state index is 12.5. The van der Waals surface area contributed by atoms with Crippen molar-refractivity contribution in [1.29, 1.82) is 0 Å². The van der Waals surface area contributed by atoms with Crippen molar-refractivity contribution in [3.05, 3.63) is 65.7 Å². The van der Waals surface area contributed by atoms with Gasteiger partial charge in [0.2, 0.25) is 18.6 Å². The largest absolute Gasteiger partial charge is 0.454 e. The Kier molecular flexibility index (Phi) is 6.32. The number of nitrogens with zero attached hydrogens (tertiary/aromatic N) is 1. The number of nitrogens with one attached hydrogen (secondary N) is 1. The molecule has 6 nitrogen and oxygen atoms in total. The third-order valence-electron chi connectivity index (χ3n) is 5.55. The van der Waals surface area contributed by atoms with Gasteiger partial charge in [-0.15, -0.1) is 0 Å². The average Bonchev–Trinajstić information content (AvgIpc) is 3.26. The summed E-state index contributed by atoms with van der Waals surface area (Å²) in [4.78, 5) is 26.7. The van der Waals surface area contributed by atoms with E-state index in [1.54, 1.807) is 6.08 Å². The van der Waals surface area contributed by atoms with Crippen LogP contribution in [0.5, 0.6) is 11.5 Å². The molecule has 0 atom stereocenters. The summed E-state index contributed by atoms with van der Waals surface area (Å²) in [5, 5.41) is 3.03. The van der Waals surface area contributed by atoms with Crippen LogP contribution in [-0.4, -0.2) is 43.1 Å². The van der Waals surface area contributed by atoms with Crippen molar-refractivity contribution in [2.24, 2.45) is 5.92 Å². The van der Waals surface area contributed by atoms with Gasteiger partial charge in [-0.1, -0.05) is 36.4 Å². The van der Waals surface area contributed by atoms with Gasteiger partial charge in [-0.25, -0.2) is 0 Å². The van der Waals surface area contributed by atoms with E-state index in [1.165, 1.54) is 0 Å². The van der Waals surface area contributed by atoms with Crippen molar-refractivity contribution in [3.8, 4) is 11.5 Å². The minimum absolute atomic E-state index is 0.000481. The van der Waals surface area contributed by atoms with E-state index >= 15 is 0 Å². The first kappa shape index (κ1) is 20.0. The van der Waals surface area contributed by atoms with Crippen LogP contribution in [0.1, 0.15) is 24.0 Å². The fourth-order valence-electron chi connectivity index (χ4n) is 3.77. The molecule has 2 aromatic rings. The van der Waals surface area contributed by atoms with Crippen LogP contribution >= 0.6 is 0 Å². The minimum Gasteiger partial charge on any atom is -0.454 e. The maximum atomic E-state index is 12.5. The molecule has 1 N–H and O–H groups in total. The van der Waals surface area contributed by atoms with Crippen LogP contribution in [0.2, 0.25) is 0 Å². The highest BCUT2D eigenvalue weighted by Crippen LogP contribution is 2.32. The molecule has 4 rings (SSSR count). The highest BCUT2D eigenvalue weighted by molar-refractivity contribution is 5.92. The van der Waals surface area contributed by atoms with Crippen molar-refractivity contribution < 1.29 is 19.1 Å². The molecule has 0 aliphatic carbocycles. The van der Waals surface area contributed by atoms with Gasteiger partial charge < -0.3 is 19.7 Å². The van der Waals surface area contributed by atoms with Crippen LogP contribution in [0.25, 0.3) is 6.08 Å². The predicted octanol–water partition coefficient (Wildman–Crippen LogP) is 3.03. The zero-order valence-electron chi connectivity index (χ0n) is 16.9. The van der Waals surface area contributed by atoms with E-state index in [-0.39, 0.29) is 24.5 Å². The summed E-state index contributed by atoms with van der Waals surface area (Å²) in [7, 11) is 0. The number of amides is 2. The lowest BCUT2D eigenvalue weighted by Crippen LogP contribution is -2.42. The quantitative estimate of drug-likeness (QED) is 0.749. The Morgan fingerprint density at radius 3 is 2.60 bits per heavy atom. The van der Waals surface area contributed by atoms with E-state index in [0.29, 0.717) is 32.5 Å². The lowest BCUT2D eigenvalue weighted by atomic mass is 9.95. The molecule has 0 spiro atoms. The predicted molar refractivity (Wildman–Crippen MR) is 114 cm³/mol. The Bertz CT molecular complexity index is 918. The molecule has 30 heavy (non-hydrogen) atoms. The molecule has 1 saturated heterocycles. The molecule has 2 amide bonds. The second-order valence-electron chi connectivity index (χ2n) is 7.57. The third-order valence-corrected chi connectivity index (χ3v) is 5.55. The van der Waals surface area contributed by atoms with Gasteiger partial charge in [-0.05, 0) is 48.6 Å². The van der Waals surface area contributed by atoms with Crippen LogP contribution in [0.15, 0.2) is 54.6 Å². The van der Waals surface area contributed by atoms with Crippen molar-refractivity contribution in [1.82, 2.24) is 10.2 Å². The second-order valence-corrected chi connectivity index (χ2v) is 7.57. The first-order valence-electron chi connectivity index (χ1n) is 10.4. The molecule has 0 aromatic heterocycles. The van der Waals surface area contributed by atoms with Gasteiger partial charge in [0.05, 0.1) is 0 Å². The lowest BCUT2D eigenvalue weighted by Gasteiger charge is -2.30. The fourth-order valence-corrected chi connectivity index (χ4v) is 3.77. The van der Waals surface area contributed by atoms with E-state index in [4.69, 9.17) is 9.47 Å². The van der Waals surface area contributed by atoms with Crippen LogP contribution < -0.4 is 14.8 Å². The summed E-state index contributed by atoms with van der Waals surface area (Å²) in [6, 6.07) is 15.6. The number of benzene rings is 2. The first-order chi connectivity index (χ1) is 14.7. The Balaban J connectivity index is 1.19. The molecule has 2 aliphatic heterocycles. The molecule has 2 heterocycles. The standard InChI is InChI=1S/C24H26N2O4/c27-23(9-7-18-4-2-1-3-5-18)26-14-11-20(12-15-26)24(28)25-13-10-19-6-8-21-22(16-19)30-17-29-21/h1-9,16,20H,10-15,17H2,(H,25,28)/b9-7+. The summed E-state index contributed by atoms with van der Waals surface area (Å²) in [5.74, 6) is 1.56. The van der Waals surface area contributed by atoms with Crippen molar-refractivity contribution in [2.45, 2.75) is 19.3 Å². The number of hydrogen-bond donors (Lipinski definition) is 1. The lowest BCUT2D eigenvalue weighted by molar-refractivity contribution is -0.132. The number of piperidine rings is 1. The number of ether oxygens (including phenoxy) is 2. The normalized spacial score (nSPS) is 16.1. The number of carbonyl (C=O) groups is 2. The summed E-state index contributed by atoms with van der Waals surface area (Å²) >= 11 is 0. The van der Waals surface area contributed by atoms with Gasteiger partial charge in [0, 0.05) is 31.6 Å². The topological polar surface area (TPSA) is 67.9 Å². The Labute approximate surface area is 176 Å². The highest BCUT2D eigenvalue weighted by Gasteiger charge is 2.26. The number of fused-ring (bicyclic) bond motifs is 1. The molecule has 0 unspecified atom stereocenters. The van der Waals surface area contributed by atoms with Crippen LogP contribution in [0, 0.1) is 5.92 Å². The van der Waals surface area contributed by atoms with E-state index in [0.717, 1.165) is 29.0 Å². The smallest absolute Gasteiger partial charge is 0.246 e. The van der Waals surface area contributed by atoms with Crippen molar-refractivity contribution in [3.63, 3.8) is 0 Å².